The van der Waals surface area contributed by atoms with E-state index in [9.17, 15) is 19.5 Å². The first-order chi connectivity index (χ1) is 18.0. The van der Waals surface area contributed by atoms with Gasteiger partial charge in [0.05, 0.1) is 18.2 Å². The van der Waals surface area contributed by atoms with E-state index < -0.39 is 28.8 Å². The van der Waals surface area contributed by atoms with Crippen LogP contribution in [0, 0.1) is 0 Å². The summed E-state index contributed by atoms with van der Waals surface area (Å²) in [5.41, 5.74) is 0.843. The Bertz CT molecular complexity index is 1310. The number of halogens is 2. The molecule has 0 aliphatic carbocycles. The minimum absolute atomic E-state index is 0.00368. The molecule has 3 N–H and O–H groups in total. The van der Waals surface area contributed by atoms with Gasteiger partial charge < -0.3 is 20.6 Å². The number of anilines is 1. The lowest BCUT2D eigenvalue weighted by atomic mass is 9.58. The second-order valence-electron chi connectivity index (χ2n) is 10.6. The van der Waals surface area contributed by atoms with Crippen LogP contribution < -0.4 is 10.6 Å². The summed E-state index contributed by atoms with van der Waals surface area (Å²) in [6.45, 7) is 6.73. The molecule has 0 radical (unpaired) electrons. The molecule has 1 spiro atoms. The molecule has 1 saturated heterocycles. The molecule has 0 unspecified atom stereocenters. The molecule has 3 amide bonds. The number of aliphatic hydroxyl groups is 1. The minimum atomic E-state index is -1.23. The number of rotatable bonds is 7. The van der Waals surface area contributed by atoms with Gasteiger partial charge in [0, 0.05) is 28.1 Å². The predicted octanol–water partition coefficient (Wildman–Crippen LogP) is 4.81. The van der Waals surface area contributed by atoms with E-state index in [1.165, 1.54) is 4.90 Å². The highest BCUT2D eigenvalue weighted by atomic mass is 35.5. The number of allylic oxidation sites excluding steroid dienone is 1. The molecule has 9 heteroatoms. The lowest BCUT2D eigenvalue weighted by Gasteiger charge is -2.52. The molecule has 4 rings (SSSR count). The Hall–Kier alpha value is -2.87. The van der Waals surface area contributed by atoms with Gasteiger partial charge >= 0.3 is 0 Å². The van der Waals surface area contributed by atoms with E-state index in [1.807, 2.05) is 38.1 Å². The van der Waals surface area contributed by atoms with Gasteiger partial charge in [0.1, 0.15) is 12.0 Å². The van der Waals surface area contributed by atoms with Crippen molar-refractivity contribution >= 4 is 46.6 Å². The van der Waals surface area contributed by atoms with Gasteiger partial charge in [-0.05, 0) is 62.6 Å². The highest BCUT2D eigenvalue weighted by Gasteiger charge is 2.63. The summed E-state index contributed by atoms with van der Waals surface area (Å²) in [4.78, 5) is 42.8. The van der Waals surface area contributed by atoms with Gasteiger partial charge in [-0.15, -0.1) is 0 Å². The summed E-state index contributed by atoms with van der Waals surface area (Å²) in [7, 11) is 0. The average molecular weight is 559 g/mol. The van der Waals surface area contributed by atoms with Gasteiger partial charge in [0.25, 0.3) is 0 Å². The third kappa shape index (κ3) is 4.83. The van der Waals surface area contributed by atoms with Crippen molar-refractivity contribution in [3.8, 4) is 0 Å². The van der Waals surface area contributed by atoms with E-state index in [-0.39, 0.29) is 31.4 Å². The van der Waals surface area contributed by atoms with E-state index >= 15 is 0 Å². The summed E-state index contributed by atoms with van der Waals surface area (Å²) in [5.74, 6) is -1.47. The lowest BCUT2D eigenvalue weighted by Crippen LogP contribution is -2.65. The van der Waals surface area contributed by atoms with Crippen LogP contribution in [0.3, 0.4) is 0 Å². The summed E-state index contributed by atoms with van der Waals surface area (Å²) < 4.78 is 0. The number of fused-ring (bicyclic) bond motifs is 2. The fourth-order valence-corrected chi connectivity index (χ4v) is 6.29. The number of nitrogens with one attached hydrogen (secondary N) is 2. The molecule has 2 aliphatic heterocycles. The zero-order chi connectivity index (χ0) is 27.8. The summed E-state index contributed by atoms with van der Waals surface area (Å²) in [6.07, 6.45) is 2.49. The predicted molar refractivity (Wildman–Crippen MR) is 149 cm³/mol. The Morgan fingerprint density at radius 1 is 1.21 bits per heavy atom. The van der Waals surface area contributed by atoms with Crippen LogP contribution in [0.2, 0.25) is 10.0 Å². The highest BCUT2D eigenvalue weighted by Crippen LogP contribution is 2.57. The maximum Gasteiger partial charge on any atom is 0.240 e. The highest BCUT2D eigenvalue weighted by molar-refractivity contribution is 6.31. The molecule has 0 bridgehead atoms. The van der Waals surface area contributed by atoms with Crippen LogP contribution in [0.1, 0.15) is 57.6 Å². The second kappa shape index (κ2) is 10.7. The van der Waals surface area contributed by atoms with Gasteiger partial charge in [-0.3, -0.25) is 14.4 Å². The first-order valence-corrected chi connectivity index (χ1v) is 13.5. The van der Waals surface area contributed by atoms with E-state index in [4.69, 9.17) is 23.2 Å². The maximum absolute atomic E-state index is 14.3. The second-order valence-corrected chi connectivity index (χ2v) is 11.4. The first kappa shape index (κ1) is 28.1. The SMILES string of the molecule is C/C=C(\CC)[C@H]1N(CC(=O)NC(C)(C)CO)C(=O)C[C@@H](c2cccc(Cl)c2)[C@]12C(=O)Nc1cc(Cl)ccc12. The third-order valence-electron chi connectivity index (χ3n) is 7.61. The number of piperidine rings is 1. The fraction of sp³-hybridized carbons (Fsp3) is 0.414. The number of carbonyl (C=O) groups is 3. The fourth-order valence-electron chi connectivity index (χ4n) is 5.92. The van der Waals surface area contributed by atoms with Crippen molar-refractivity contribution in [2.24, 2.45) is 0 Å². The minimum Gasteiger partial charge on any atom is -0.394 e. The number of hydrogen-bond donors (Lipinski definition) is 3. The molecular formula is C29H33Cl2N3O4. The van der Waals surface area contributed by atoms with E-state index in [2.05, 4.69) is 10.6 Å². The van der Waals surface area contributed by atoms with Crippen LogP contribution in [0.4, 0.5) is 5.69 Å². The zero-order valence-electron chi connectivity index (χ0n) is 22.0. The molecule has 7 nitrogen and oxygen atoms in total. The molecule has 202 valence electrons. The van der Waals surface area contributed by atoms with Crippen molar-refractivity contribution in [1.29, 1.82) is 0 Å². The standard InChI is InChI=1S/C29H33Cl2N3O4/c1-5-17(6-2)26-29(21-11-10-20(31)13-23(21)32-27(29)38)22(18-8-7-9-19(30)12-18)14-25(37)34(26)15-24(36)33-28(3,4)16-35/h5,7-13,22,26,35H,6,14-16H2,1-4H3,(H,32,38)(H,33,36)/b17-5+/t22-,26+,29-/m0/s1. The van der Waals surface area contributed by atoms with Crippen LogP contribution in [-0.2, 0) is 19.8 Å². The topological polar surface area (TPSA) is 98.7 Å². The van der Waals surface area contributed by atoms with Crippen molar-refractivity contribution in [3.05, 3.63) is 75.3 Å². The molecule has 2 aromatic carbocycles. The Kier molecular flexibility index (Phi) is 7.94. The maximum atomic E-state index is 14.3. The summed E-state index contributed by atoms with van der Waals surface area (Å²) >= 11 is 12.7. The quantitative estimate of drug-likeness (QED) is 0.425. The van der Waals surface area contributed by atoms with E-state index in [0.29, 0.717) is 22.2 Å². The average Bonchev–Trinajstić information content (AvgIpc) is 3.14. The molecule has 0 aromatic heterocycles. The van der Waals surface area contributed by atoms with Gasteiger partial charge in [-0.1, -0.05) is 60.0 Å². The van der Waals surface area contributed by atoms with Crippen LogP contribution >= 0.6 is 23.2 Å². The molecule has 38 heavy (non-hydrogen) atoms. The van der Waals surface area contributed by atoms with Crippen LogP contribution in [0.5, 0.6) is 0 Å². The molecule has 2 aliphatic rings. The largest absolute Gasteiger partial charge is 0.394 e. The van der Waals surface area contributed by atoms with Gasteiger partial charge in [-0.25, -0.2) is 0 Å². The van der Waals surface area contributed by atoms with E-state index in [0.717, 1.165) is 16.7 Å². The normalized spacial score (nSPS) is 23.4. The van der Waals surface area contributed by atoms with E-state index in [1.54, 1.807) is 38.1 Å². The zero-order valence-corrected chi connectivity index (χ0v) is 23.5. The number of benzene rings is 2. The molecule has 1 fully saturated rings. The molecule has 0 saturated carbocycles. The van der Waals surface area contributed by atoms with Gasteiger partial charge in [0.2, 0.25) is 17.7 Å². The van der Waals surface area contributed by atoms with Crippen LogP contribution in [0.25, 0.3) is 0 Å². The van der Waals surface area contributed by atoms with Crippen molar-refractivity contribution in [2.75, 3.05) is 18.5 Å². The number of aliphatic hydroxyl groups excluding tert-OH is 1. The Labute approximate surface area is 233 Å². The molecular weight excluding hydrogens is 525 g/mol. The molecule has 2 aromatic rings. The van der Waals surface area contributed by atoms with Gasteiger partial charge in [0.15, 0.2) is 0 Å². The van der Waals surface area contributed by atoms with Crippen molar-refractivity contribution < 1.29 is 19.5 Å². The van der Waals surface area contributed by atoms with Crippen molar-refractivity contribution in [3.63, 3.8) is 0 Å². The lowest BCUT2D eigenvalue weighted by molar-refractivity contribution is -0.147. The Balaban J connectivity index is 1.96. The van der Waals surface area contributed by atoms with Crippen LogP contribution in [0.15, 0.2) is 54.1 Å². The smallest absolute Gasteiger partial charge is 0.240 e. The Morgan fingerprint density at radius 3 is 2.55 bits per heavy atom. The number of carbonyl (C=O) groups excluding carboxylic acids is 3. The number of nitrogens with zero attached hydrogens (tertiary/aromatic N) is 1. The van der Waals surface area contributed by atoms with Gasteiger partial charge in [-0.2, -0.15) is 0 Å². The molecule has 3 atom stereocenters. The number of hydrogen-bond acceptors (Lipinski definition) is 4. The van der Waals surface area contributed by atoms with Crippen molar-refractivity contribution in [2.45, 2.75) is 63.5 Å². The Morgan fingerprint density at radius 2 is 1.92 bits per heavy atom. The molecule has 2 heterocycles. The van der Waals surface area contributed by atoms with Crippen LogP contribution in [-0.4, -0.2) is 52.5 Å². The summed E-state index contributed by atoms with van der Waals surface area (Å²) in [6, 6.07) is 11.8. The van der Waals surface area contributed by atoms with Crippen molar-refractivity contribution in [1.82, 2.24) is 10.2 Å². The monoisotopic (exact) mass is 557 g/mol. The summed E-state index contributed by atoms with van der Waals surface area (Å²) in [5, 5.41) is 16.5. The number of likely N-dealkylation sites (tertiary alicyclic amines) is 1. The number of amides is 3. The third-order valence-corrected chi connectivity index (χ3v) is 8.08. The first-order valence-electron chi connectivity index (χ1n) is 12.7.